The van der Waals surface area contributed by atoms with E-state index in [1.807, 2.05) is 26.0 Å². The fourth-order valence-corrected chi connectivity index (χ4v) is 2.59. The van der Waals surface area contributed by atoms with Crippen LogP contribution in [-0.4, -0.2) is 33.4 Å². The standard InChI is InChI=1S/C16H20N4O3/c1-3-22-15-7-12-6-11(2)23-14(12)8-13(15)19-16(21)4-5-20-10-17-9-18-20/h7-11H,3-6H2,1-2H3,(H,19,21)/t11-/m1/s1. The van der Waals surface area contributed by atoms with E-state index in [4.69, 9.17) is 9.47 Å². The van der Waals surface area contributed by atoms with Crippen molar-refractivity contribution >= 4 is 11.6 Å². The zero-order chi connectivity index (χ0) is 16.2. The lowest BCUT2D eigenvalue weighted by molar-refractivity contribution is -0.116. The second-order valence-electron chi connectivity index (χ2n) is 5.48. The largest absolute Gasteiger partial charge is 0.492 e. The summed E-state index contributed by atoms with van der Waals surface area (Å²) in [6.45, 7) is 4.96. The van der Waals surface area contributed by atoms with Crippen LogP contribution in [0.25, 0.3) is 0 Å². The van der Waals surface area contributed by atoms with E-state index in [-0.39, 0.29) is 12.0 Å². The number of amides is 1. The van der Waals surface area contributed by atoms with Crippen LogP contribution in [0.3, 0.4) is 0 Å². The summed E-state index contributed by atoms with van der Waals surface area (Å²) in [7, 11) is 0. The maximum Gasteiger partial charge on any atom is 0.226 e. The summed E-state index contributed by atoms with van der Waals surface area (Å²) in [6, 6.07) is 3.80. The van der Waals surface area contributed by atoms with Crippen LogP contribution < -0.4 is 14.8 Å². The Bertz CT molecular complexity index is 685. The Morgan fingerprint density at radius 2 is 2.39 bits per heavy atom. The van der Waals surface area contributed by atoms with Crippen LogP contribution in [0.15, 0.2) is 24.8 Å². The number of nitrogens with one attached hydrogen (secondary N) is 1. The number of hydrogen-bond donors (Lipinski definition) is 1. The lowest BCUT2D eigenvalue weighted by Crippen LogP contribution is -2.15. The van der Waals surface area contributed by atoms with Crippen LogP contribution in [0, 0.1) is 0 Å². The molecule has 1 aliphatic heterocycles. The first-order valence-corrected chi connectivity index (χ1v) is 7.74. The van der Waals surface area contributed by atoms with E-state index in [1.165, 1.54) is 6.33 Å². The molecule has 0 aliphatic carbocycles. The summed E-state index contributed by atoms with van der Waals surface area (Å²) >= 11 is 0. The summed E-state index contributed by atoms with van der Waals surface area (Å²) in [5.74, 6) is 1.39. The van der Waals surface area contributed by atoms with Gasteiger partial charge in [-0.05, 0) is 19.9 Å². The van der Waals surface area contributed by atoms with Crippen molar-refractivity contribution in [3.8, 4) is 11.5 Å². The summed E-state index contributed by atoms with van der Waals surface area (Å²) in [5.41, 5.74) is 1.75. The highest BCUT2D eigenvalue weighted by molar-refractivity contribution is 5.92. The van der Waals surface area contributed by atoms with E-state index in [9.17, 15) is 4.79 Å². The Morgan fingerprint density at radius 1 is 1.52 bits per heavy atom. The Morgan fingerprint density at radius 3 is 3.13 bits per heavy atom. The minimum absolute atomic E-state index is 0.104. The average Bonchev–Trinajstić information content (AvgIpc) is 3.14. The van der Waals surface area contributed by atoms with Crippen molar-refractivity contribution < 1.29 is 14.3 Å². The van der Waals surface area contributed by atoms with Gasteiger partial charge in [-0.2, -0.15) is 5.10 Å². The molecular formula is C16H20N4O3. The SMILES string of the molecule is CCOc1cc2c(cc1NC(=O)CCn1cncn1)O[C@H](C)C2. The van der Waals surface area contributed by atoms with Gasteiger partial charge in [0.05, 0.1) is 18.8 Å². The molecule has 0 radical (unpaired) electrons. The van der Waals surface area contributed by atoms with Gasteiger partial charge in [-0.25, -0.2) is 4.98 Å². The van der Waals surface area contributed by atoms with Gasteiger partial charge >= 0.3 is 0 Å². The first-order chi connectivity index (χ1) is 11.2. The lowest BCUT2D eigenvalue weighted by Gasteiger charge is -2.13. The first kappa shape index (κ1) is 15.3. The van der Waals surface area contributed by atoms with Crippen LogP contribution >= 0.6 is 0 Å². The number of hydrogen-bond acceptors (Lipinski definition) is 5. The third-order valence-corrected chi connectivity index (χ3v) is 3.61. The minimum atomic E-state index is -0.104. The summed E-state index contributed by atoms with van der Waals surface area (Å²) in [4.78, 5) is 16.0. The maximum atomic E-state index is 12.2. The highest BCUT2D eigenvalue weighted by Gasteiger charge is 2.22. The Balaban J connectivity index is 1.70. The molecule has 23 heavy (non-hydrogen) atoms. The molecule has 7 heteroatoms. The molecule has 2 aromatic rings. The highest BCUT2D eigenvalue weighted by atomic mass is 16.5. The molecule has 0 saturated carbocycles. The molecule has 7 nitrogen and oxygen atoms in total. The molecule has 2 heterocycles. The molecule has 0 unspecified atom stereocenters. The second kappa shape index (κ2) is 6.68. The quantitative estimate of drug-likeness (QED) is 0.882. The number of aryl methyl sites for hydroxylation is 1. The molecule has 0 fully saturated rings. The number of nitrogens with zero attached hydrogens (tertiary/aromatic N) is 3. The zero-order valence-electron chi connectivity index (χ0n) is 13.3. The second-order valence-corrected chi connectivity index (χ2v) is 5.48. The van der Waals surface area contributed by atoms with Crippen molar-refractivity contribution in [2.75, 3.05) is 11.9 Å². The highest BCUT2D eigenvalue weighted by Crippen LogP contribution is 2.38. The molecule has 0 spiro atoms. The smallest absolute Gasteiger partial charge is 0.226 e. The van der Waals surface area contributed by atoms with Gasteiger partial charge in [0, 0.05) is 24.5 Å². The van der Waals surface area contributed by atoms with Crippen LogP contribution in [-0.2, 0) is 17.8 Å². The number of aromatic nitrogens is 3. The lowest BCUT2D eigenvalue weighted by atomic mass is 10.1. The van der Waals surface area contributed by atoms with Crippen LogP contribution in [0.1, 0.15) is 25.8 Å². The summed E-state index contributed by atoms with van der Waals surface area (Å²) in [6.07, 6.45) is 4.35. The van der Waals surface area contributed by atoms with Crippen molar-refractivity contribution in [1.29, 1.82) is 0 Å². The summed E-state index contributed by atoms with van der Waals surface area (Å²) in [5, 5.41) is 6.88. The molecule has 1 amide bonds. The number of fused-ring (bicyclic) bond motifs is 1. The fraction of sp³-hybridized carbons (Fsp3) is 0.438. The number of benzene rings is 1. The number of rotatable bonds is 6. The van der Waals surface area contributed by atoms with Crippen molar-refractivity contribution in [1.82, 2.24) is 14.8 Å². The van der Waals surface area contributed by atoms with Gasteiger partial charge in [0.25, 0.3) is 0 Å². The van der Waals surface area contributed by atoms with Gasteiger partial charge in [-0.3, -0.25) is 9.48 Å². The monoisotopic (exact) mass is 316 g/mol. The third kappa shape index (κ3) is 3.61. The van der Waals surface area contributed by atoms with E-state index in [1.54, 1.807) is 11.0 Å². The Hall–Kier alpha value is -2.57. The molecule has 1 atom stereocenters. The Labute approximate surface area is 134 Å². The normalized spacial score (nSPS) is 15.8. The Kier molecular flexibility index (Phi) is 4.45. The molecule has 1 N–H and O–H groups in total. The fourth-order valence-electron chi connectivity index (χ4n) is 2.59. The number of anilines is 1. The van der Waals surface area contributed by atoms with E-state index >= 15 is 0 Å². The first-order valence-electron chi connectivity index (χ1n) is 7.74. The third-order valence-electron chi connectivity index (χ3n) is 3.61. The number of carbonyl (C=O) groups is 1. The van der Waals surface area contributed by atoms with Gasteiger partial charge in [0.15, 0.2) is 0 Å². The molecule has 1 aromatic carbocycles. The van der Waals surface area contributed by atoms with Gasteiger partial charge in [-0.1, -0.05) is 0 Å². The predicted molar refractivity (Wildman–Crippen MR) is 84.7 cm³/mol. The molecule has 122 valence electrons. The summed E-state index contributed by atoms with van der Waals surface area (Å²) < 4.78 is 13.0. The van der Waals surface area contributed by atoms with Crippen LogP contribution in [0.2, 0.25) is 0 Å². The van der Waals surface area contributed by atoms with Gasteiger partial charge in [-0.15, -0.1) is 0 Å². The predicted octanol–water partition coefficient (Wildman–Crippen LogP) is 2.03. The van der Waals surface area contributed by atoms with Gasteiger partial charge in [0.1, 0.15) is 30.3 Å². The van der Waals surface area contributed by atoms with Crippen molar-refractivity contribution in [3.05, 3.63) is 30.4 Å². The van der Waals surface area contributed by atoms with E-state index in [2.05, 4.69) is 15.4 Å². The van der Waals surface area contributed by atoms with E-state index < -0.39 is 0 Å². The minimum Gasteiger partial charge on any atom is -0.492 e. The van der Waals surface area contributed by atoms with Gasteiger partial charge in [0.2, 0.25) is 5.91 Å². The van der Waals surface area contributed by atoms with Crippen molar-refractivity contribution in [2.24, 2.45) is 0 Å². The topological polar surface area (TPSA) is 78.3 Å². The molecule has 3 rings (SSSR count). The maximum absolute atomic E-state index is 12.2. The van der Waals surface area contributed by atoms with E-state index in [0.29, 0.717) is 31.0 Å². The van der Waals surface area contributed by atoms with E-state index in [0.717, 1.165) is 17.7 Å². The average molecular weight is 316 g/mol. The number of ether oxygens (including phenoxy) is 2. The zero-order valence-corrected chi connectivity index (χ0v) is 13.3. The molecule has 1 aromatic heterocycles. The van der Waals surface area contributed by atoms with Crippen molar-refractivity contribution in [2.45, 2.75) is 39.3 Å². The number of carbonyl (C=O) groups excluding carboxylic acids is 1. The molecular weight excluding hydrogens is 296 g/mol. The molecule has 0 saturated heterocycles. The molecule has 1 aliphatic rings. The van der Waals surface area contributed by atoms with Crippen molar-refractivity contribution in [3.63, 3.8) is 0 Å². The van der Waals surface area contributed by atoms with Crippen LogP contribution in [0.4, 0.5) is 5.69 Å². The van der Waals surface area contributed by atoms with Crippen LogP contribution in [0.5, 0.6) is 11.5 Å². The molecule has 0 bridgehead atoms. The van der Waals surface area contributed by atoms with Gasteiger partial charge < -0.3 is 14.8 Å².